The first-order valence-electron chi connectivity index (χ1n) is 6.93. The summed E-state index contributed by atoms with van der Waals surface area (Å²) in [5, 5.41) is 3.25. The van der Waals surface area contributed by atoms with Crippen LogP contribution in [0.1, 0.15) is 12.8 Å². The third-order valence-corrected chi connectivity index (χ3v) is 3.70. The Balaban J connectivity index is 0.00000200. The predicted octanol–water partition coefficient (Wildman–Crippen LogP) is 1.75. The fraction of sp³-hybridized carbons (Fsp3) is 0.533. The van der Waals surface area contributed by atoms with Crippen molar-refractivity contribution in [2.24, 2.45) is 0 Å². The van der Waals surface area contributed by atoms with Gasteiger partial charge in [-0.1, -0.05) is 18.2 Å². The zero-order valence-electron chi connectivity index (χ0n) is 12.2. The van der Waals surface area contributed by atoms with Gasteiger partial charge in [-0.05, 0) is 31.5 Å². The van der Waals surface area contributed by atoms with Crippen molar-refractivity contribution >= 4 is 24.0 Å². The average Bonchev–Trinajstić information content (AvgIpc) is 2.98. The number of rotatable bonds is 5. The molecule has 1 aliphatic rings. The maximum atomic E-state index is 12.1. The van der Waals surface area contributed by atoms with E-state index in [1.165, 1.54) is 5.69 Å². The lowest BCUT2D eigenvalue weighted by Crippen LogP contribution is -2.44. The Hall–Kier alpha value is -1.26. The van der Waals surface area contributed by atoms with E-state index in [1.807, 2.05) is 30.1 Å². The Labute approximate surface area is 127 Å². The van der Waals surface area contributed by atoms with E-state index in [9.17, 15) is 4.79 Å². The van der Waals surface area contributed by atoms with Gasteiger partial charge in [0.05, 0.1) is 6.04 Å². The van der Waals surface area contributed by atoms with Crippen LogP contribution in [0.2, 0.25) is 0 Å². The summed E-state index contributed by atoms with van der Waals surface area (Å²) in [6, 6.07) is 10.3. The molecule has 20 heavy (non-hydrogen) atoms. The summed E-state index contributed by atoms with van der Waals surface area (Å²) < 4.78 is 0. The van der Waals surface area contributed by atoms with E-state index < -0.39 is 0 Å². The molecule has 1 atom stereocenters. The quantitative estimate of drug-likeness (QED) is 0.899. The minimum absolute atomic E-state index is 0. The van der Waals surface area contributed by atoms with Crippen LogP contribution in [-0.4, -0.2) is 50.6 Å². The number of carbonyl (C=O) groups excluding carboxylic acids is 1. The number of hydrogen-bond acceptors (Lipinski definition) is 3. The lowest BCUT2D eigenvalue weighted by Gasteiger charge is -2.25. The number of para-hydroxylation sites is 1. The number of benzene rings is 1. The van der Waals surface area contributed by atoms with Crippen LogP contribution < -0.4 is 10.2 Å². The van der Waals surface area contributed by atoms with E-state index in [0.717, 1.165) is 32.5 Å². The second-order valence-corrected chi connectivity index (χ2v) is 5.17. The summed E-state index contributed by atoms with van der Waals surface area (Å²) >= 11 is 0. The summed E-state index contributed by atoms with van der Waals surface area (Å²) in [7, 11) is 3.95. The van der Waals surface area contributed by atoms with E-state index in [2.05, 4.69) is 29.4 Å². The molecule has 0 aromatic heterocycles. The third kappa shape index (κ3) is 4.39. The first kappa shape index (κ1) is 16.8. The van der Waals surface area contributed by atoms with Crippen LogP contribution in [0.25, 0.3) is 0 Å². The van der Waals surface area contributed by atoms with Crippen LogP contribution in [0.15, 0.2) is 30.3 Å². The summed E-state index contributed by atoms with van der Waals surface area (Å²) in [4.78, 5) is 16.1. The molecule has 1 saturated heterocycles. The normalized spacial score (nSPS) is 17.4. The first-order valence-corrected chi connectivity index (χ1v) is 6.93. The number of anilines is 1. The van der Waals surface area contributed by atoms with Crippen molar-refractivity contribution in [2.75, 3.05) is 38.6 Å². The Bertz CT molecular complexity index is 407. The van der Waals surface area contributed by atoms with Gasteiger partial charge in [0.1, 0.15) is 0 Å². The van der Waals surface area contributed by atoms with Crippen molar-refractivity contribution in [1.82, 2.24) is 10.2 Å². The number of hydrogen-bond donors (Lipinski definition) is 1. The first-order chi connectivity index (χ1) is 9.18. The molecule has 4 nitrogen and oxygen atoms in total. The van der Waals surface area contributed by atoms with Crippen LogP contribution in [0.5, 0.6) is 0 Å². The van der Waals surface area contributed by atoms with Crippen molar-refractivity contribution in [2.45, 2.75) is 18.9 Å². The summed E-state index contributed by atoms with van der Waals surface area (Å²) in [5.74, 6) is 0.221. The number of amides is 1. The fourth-order valence-electron chi connectivity index (χ4n) is 2.38. The Morgan fingerprint density at radius 1 is 1.25 bits per heavy atom. The molecule has 0 saturated carbocycles. The molecule has 2 rings (SSSR count). The Morgan fingerprint density at radius 2 is 1.95 bits per heavy atom. The largest absolute Gasteiger partial charge is 0.373 e. The second-order valence-electron chi connectivity index (χ2n) is 5.17. The topological polar surface area (TPSA) is 35.6 Å². The van der Waals surface area contributed by atoms with Crippen molar-refractivity contribution in [3.8, 4) is 0 Å². The highest BCUT2D eigenvalue weighted by Gasteiger charge is 2.24. The van der Waals surface area contributed by atoms with Gasteiger partial charge in [-0.2, -0.15) is 0 Å². The van der Waals surface area contributed by atoms with E-state index in [1.54, 1.807) is 0 Å². The van der Waals surface area contributed by atoms with Crippen LogP contribution in [0.4, 0.5) is 5.69 Å². The van der Waals surface area contributed by atoms with E-state index in [0.29, 0.717) is 0 Å². The molecule has 0 radical (unpaired) electrons. The van der Waals surface area contributed by atoms with Crippen molar-refractivity contribution < 1.29 is 4.79 Å². The van der Waals surface area contributed by atoms with Crippen molar-refractivity contribution in [3.63, 3.8) is 0 Å². The standard InChI is InChI=1S/C15H23N3O.ClH/c1-17(13-7-4-3-5-8-13)11-12-18(2)15(19)14-9-6-10-16-14;/h3-5,7-8,14,16H,6,9-12H2,1-2H3;1H. The summed E-state index contributed by atoms with van der Waals surface area (Å²) in [6.45, 7) is 2.57. The number of halogens is 1. The summed E-state index contributed by atoms with van der Waals surface area (Å²) in [5.41, 5.74) is 1.18. The highest BCUT2D eigenvalue weighted by Crippen LogP contribution is 2.11. The molecule has 1 aromatic carbocycles. The SMILES string of the molecule is CN(CCN(C)c1ccccc1)C(=O)C1CCCN1.Cl. The molecule has 1 heterocycles. The molecular formula is C15H24ClN3O. The molecule has 1 unspecified atom stereocenters. The molecule has 1 aliphatic heterocycles. The monoisotopic (exact) mass is 297 g/mol. The number of carbonyl (C=O) groups is 1. The predicted molar refractivity (Wildman–Crippen MR) is 85.6 cm³/mol. The Kier molecular flexibility index (Phi) is 6.82. The zero-order valence-corrected chi connectivity index (χ0v) is 13.0. The van der Waals surface area contributed by atoms with Gasteiger partial charge in [0.15, 0.2) is 0 Å². The number of nitrogens with one attached hydrogen (secondary N) is 1. The molecular weight excluding hydrogens is 274 g/mol. The lowest BCUT2D eigenvalue weighted by molar-refractivity contribution is -0.131. The zero-order chi connectivity index (χ0) is 13.7. The molecule has 0 aliphatic carbocycles. The van der Waals surface area contributed by atoms with Gasteiger partial charge in [-0.15, -0.1) is 12.4 Å². The third-order valence-electron chi connectivity index (χ3n) is 3.70. The van der Waals surface area contributed by atoms with Crippen LogP contribution in [-0.2, 0) is 4.79 Å². The molecule has 1 amide bonds. The van der Waals surface area contributed by atoms with Crippen LogP contribution in [0, 0.1) is 0 Å². The van der Waals surface area contributed by atoms with E-state index in [4.69, 9.17) is 0 Å². The molecule has 1 N–H and O–H groups in total. The minimum atomic E-state index is 0. The molecule has 5 heteroatoms. The van der Waals surface area contributed by atoms with Crippen molar-refractivity contribution in [1.29, 1.82) is 0 Å². The summed E-state index contributed by atoms with van der Waals surface area (Å²) in [6.07, 6.45) is 2.08. The van der Waals surface area contributed by atoms with E-state index in [-0.39, 0.29) is 24.4 Å². The number of nitrogens with zero attached hydrogens (tertiary/aromatic N) is 2. The smallest absolute Gasteiger partial charge is 0.239 e. The average molecular weight is 298 g/mol. The van der Waals surface area contributed by atoms with Gasteiger partial charge in [-0.25, -0.2) is 0 Å². The highest BCUT2D eigenvalue weighted by molar-refractivity contribution is 5.85. The van der Waals surface area contributed by atoms with Crippen LogP contribution in [0.3, 0.4) is 0 Å². The maximum absolute atomic E-state index is 12.1. The van der Waals surface area contributed by atoms with Gasteiger partial charge >= 0.3 is 0 Å². The van der Waals surface area contributed by atoms with E-state index >= 15 is 0 Å². The van der Waals surface area contributed by atoms with Gasteiger partial charge in [0.2, 0.25) is 5.91 Å². The van der Waals surface area contributed by atoms with Crippen molar-refractivity contribution in [3.05, 3.63) is 30.3 Å². The van der Waals surface area contributed by atoms with Gasteiger partial charge in [0.25, 0.3) is 0 Å². The molecule has 0 bridgehead atoms. The van der Waals surface area contributed by atoms with Gasteiger partial charge in [-0.3, -0.25) is 4.79 Å². The van der Waals surface area contributed by atoms with Gasteiger partial charge in [0, 0.05) is 32.9 Å². The molecule has 112 valence electrons. The van der Waals surface area contributed by atoms with Gasteiger partial charge < -0.3 is 15.1 Å². The molecule has 1 fully saturated rings. The maximum Gasteiger partial charge on any atom is 0.239 e. The second kappa shape index (κ2) is 8.12. The Morgan fingerprint density at radius 3 is 2.55 bits per heavy atom. The minimum Gasteiger partial charge on any atom is -0.373 e. The molecule has 0 spiro atoms. The number of likely N-dealkylation sites (N-methyl/N-ethyl adjacent to an activating group) is 2. The lowest BCUT2D eigenvalue weighted by atomic mass is 10.2. The molecule has 1 aromatic rings. The van der Waals surface area contributed by atoms with Crippen LogP contribution >= 0.6 is 12.4 Å². The fourth-order valence-corrected chi connectivity index (χ4v) is 2.38. The highest BCUT2D eigenvalue weighted by atomic mass is 35.5.